The molecule has 5 heteroatoms. The van der Waals surface area contributed by atoms with Crippen LogP contribution in [0, 0.1) is 11.8 Å². The lowest BCUT2D eigenvalue weighted by Crippen LogP contribution is -2.49. The van der Waals surface area contributed by atoms with Crippen LogP contribution in [0.3, 0.4) is 0 Å². The summed E-state index contributed by atoms with van der Waals surface area (Å²) in [6, 6.07) is 7.98. The fraction of sp³-hybridized carbons (Fsp3) is 0.650. The first-order chi connectivity index (χ1) is 12.3. The highest BCUT2D eigenvalue weighted by Gasteiger charge is 2.34. The first-order valence-corrected chi connectivity index (χ1v) is 9.43. The van der Waals surface area contributed by atoms with Crippen LogP contribution >= 0.6 is 0 Å². The number of ether oxygens (including phenoxy) is 3. The molecule has 0 bridgehead atoms. The highest BCUT2D eigenvalue weighted by Crippen LogP contribution is 2.30. The Bertz CT molecular complexity index is 539. The van der Waals surface area contributed by atoms with Gasteiger partial charge in [0.2, 0.25) is 5.91 Å². The molecule has 0 spiro atoms. The predicted octanol–water partition coefficient (Wildman–Crippen LogP) is 2.58. The molecule has 25 heavy (non-hydrogen) atoms. The van der Waals surface area contributed by atoms with Gasteiger partial charge in [0.25, 0.3) is 0 Å². The predicted molar refractivity (Wildman–Crippen MR) is 95.7 cm³/mol. The van der Waals surface area contributed by atoms with E-state index < -0.39 is 0 Å². The van der Waals surface area contributed by atoms with Crippen LogP contribution in [0.1, 0.15) is 31.7 Å². The van der Waals surface area contributed by atoms with Gasteiger partial charge >= 0.3 is 0 Å². The lowest BCUT2D eigenvalue weighted by molar-refractivity contribution is -0.123. The third-order valence-corrected chi connectivity index (χ3v) is 5.22. The summed E-state index contributed by atoms with van der Waals surface area (Å²) in [7, 11) is 0. The molecule has 0 saturated carbocycles. The normalized spacial score (nSPS) is 24.7. The fourth-order valence-corrected chi connectivity index (χ4v) is 3.86. The van der Waals surface area contributed by atoms with Gasteiger partial charge in [-0.15, -0.1) is 0 Å². The first kappa shape index (κ1) is 18.2. The van der Waals surface area contributed by atoms with E-state index in [4.69, 9.17) is 14.2 Å². The molecule has 1 amide bonds. The van der Waals surface area contributed by atoms with Crippen molar-refractivity contribution in [1.29, 1.82) is 0 Å². The number of amides is 1. The van der Waals surface area contributed by atoms with Gasteiger partial charge in [0.05, 0.1) is 19.6 Å². The molecule has 2 saturated heterocycles. The van der Waals surface area contributed by atoms with E-state index in [0.29, 0.717) is 24.9 Å². The Balaban J connectivity index is 1.54. The van der Waals surface area contributed by atoms with Crippen molar-refractivity contribution in [2.24, 2.45) is 11.8 Å². The van der Waals surface area contributed by atoms with Crippen molar-refractivity contribution < 1.29 is 19.0 Å². The molecule has 2 aliphatic heterocycles. The zero-order valence-electron chi connectivity index (χ0n) is 15.0. The molecule has 3 rings (SSSR count). The van der Waals surface area contributed by atoms with E-state index in [1.54, 1.807) is 0 Å². The lowest BCUT2D eigenvalue weighted by Gasteiger charge is -2.39. The van der Waals surface area contributed by atoms with Gasteiger partial charge in [-0.1, -0.05) is 12.1 Å². The topological polar surface area (TPSA) is 56.8 Å². The smallest absolute Gasteiger partial charge is 0.224 e. The standard InChI is InChI=1S/C20H29NO4/c1-2-25-17-5-3-15(4-6-17)13-20(22)21-19-9-12-24-14-18(19)16-7-10-23-11-8-16/h3-6,16,18-19H,2,7-14H2,1H3,(H,21,22)/t18-,19-/m0/s1. The number of benzene rings is 1. The summed E-state index contributed by atoms with van der Waals surface area (Å²) >= 11 is 0. The number of nitrogens with one attached hydrogen (secondary N) is 1. The van der Waals surface area contributed by atoms with Crippen LogP contribution in [0.15, 0.2) is 24.3 Å². The molecule has 0 aromatic heterocycles. The quantitative estimate of drug-likeness (QED) is 0.859. The molecule has 1 N–H and O–H groups in total. The Morgan fingerprint density at radius 2 is 1.84 bits per heavy atom. The zero-order valence-corrected chi connectivity index (χ0v) is 15.0. The summed E-state index contributed by atoms with van der Waals surface area (Å²) in [5.74, 6) is 1.93. The van der Waals surface area contributed by atoms with Crippen LogP contribution in [0.4, 0.5) is 0 Å². The maximum atomic E-state index is 12.5. The summed E-state index contributed by atoms with van der Waals surface area (Å²) in [6.07, 6.45) is 3.44. The summed E-state index contributed by atoms with van der Waals surface area (Å²) in [6.45, 7) is 5.75. The molecule has 138 valence electrons. The average Bonchev–Trinajstić information content (AvgIpc) is 2.65. The van der Waals surface area contributed by atoms with Crippen molar-refractivity contribution >= 4 is 5.91 Å². The Morgan fingerprint density at radius 1 is 1.12 bits per heavy atom. The van der Waals surface area contributed by atoms with Crippen molar-refractivity contribution in [1.82, 2.24) is 5.32 Å². The molecule has 1 aromatic carbocycles. The molecule has 2 aliphatic rings. The minimum Gasteiger partial charge on any atom is -0.494 e. The zero-order chi connectivity index (χ0) is 17.5. The highest BCUT2D eigenvalue weighted by atomic mass is 16.5. The highest BCUT2D eigenvalue weighted by molar-refractivity contribution is 5.79. The van der Waals surface area contributed by atoms with E-state index >= 15 is 0 Å². The van der Waals surface area contributed by atoms with E-state index in [0.717, 1.165) is 57.0 Å². The largest absolute Gasteiger partial charge is 0.494 e. The maximum Gasteiger partial charge on any atom is 0.224 e. The van der Waals surface area contributed by atoms with Crippen molar-refractivity contribution in [3.05, 3.63) is 29.8 Å². The van der Waals surface area contributed by atoms with Gasteiger partial charge in [-0.05, 0) is 49.8 Å². The van der Waals surface area contributed by atoms with Crippen LogP contribution in [0.2, 0.25) is 0 Å². The molecule has 2 fully saturated rings. The number of rotatable bonds is 6. The molecule has 0 radical (unpaired) electrons. The maximum absolute atomic E-state index is 12.5. The van der Waals surface area contributed by atoms with Gasteiger partial charge < -0.3 is 19.5 Å². The molecular formula is C20H29NO4. The number of carbonyl (C=O) groups excluding carboxylic acids is 1. The van der Waals surface area contributed by atoms with Crippen molar-refractivity contribution in [3.63, 3.8) is 0 Å². The van der Waals surface area contributed by atoms with E-state index in [9.17, 15) is 4.79 Å². The summed E-state index contributed by atoms with van der Waals surface area (Å²) in [5, 5.41) is 3.26. The molecule has 0 aliphatic carbocycles. The molecule has 2 atom stereocenters. The fourth-order valence-electron chi connectivity index (χ4n) is 3.86. The number of hydrogen-bond acceptors (Lipinski definition) is 4. The second-order valence-electron chi connectivity index (χ2n) is 6.90. The molecule has 0 unspecified atom stereocenters. The van der Waals surface area contributed by atoms with Crippen LogP contribution in [0.25, 0.3) is 0 Å². The molecule has 1 aromatic rings. The average molecular weight is 347 g/mol. The van der Waals surface area contributed by atoms with Crippen molar-refractivity contribution in [2.45, 2.75) is 38.6 Å². The van der Waals surface area contributed by atoms with Gasteiger partial charge in [0, 0.05) is 31.8 Å². The Labute approximate surface area is 150 Å². The second-order valence-corrected chi connectivity index (χ2v) is 6.90. The van der Waals surface area contributed by atoms with Crippen LogP contribution < -0.4 is 10.1 Å². The van der Waals surface area contributed by atoms with Crippen LogP contribution in [-0.2, 0) is 20.7 Å². The minimum absolute atomic E-state index is 0.0909. The SMILES string of the molecule is CCOc1ccc(CC(=O)N[C@H]2CCOC[C@H]2C2CCOCC2)cc1. The first-order valence-electron chi connectivity index (χ1n) is 9.43. The van der Waals surface area contributed by atoms with E-state index in [-0.39, 0.29) is 11.9 Å². The Hall–Kier alpha value is -1.59. The lowest BCUT2D eigenvalue weighted by atomic mass is 9.79. The van der Waals surface area contributed by atoms with Crippen LogP contribution in [-0.4, -0.2) is 45.0 Å². The van der Waals surface area contributed by atoms with Crippen molar-refractivity contribution in [3.8, 4) is 5.75 Å². The van der Waals surface area contributed by atoms with Crippen LogP contribution in [0.5, 0.6) is 5.75 Å². The second kappa shape index (κ2) is 9.20. The van der Waals surface area contributed by atoms with E-state index in [2.05, 4.69) is 5.32 Å². The minimum atomic E-state index is 0.0909. The number of carbonyl (C=O) groups is 1. The molecular weight excluding hydrogens is 318 g/mol. The van der Waals surface area contributed by atoms with E-state index in [1.165, 1.54) is 0 Å². The number of hydrogen-bond donors (Lipinski definition) is 1. The Kier molecular flexibility index (Phi) is 6.70. The van der Waals surface area contributed by atoms with Gasteiger partial charge in [-0.3, -0.25) is 4.79 Å². The molecule has 5 nitrogen and oxygen atoms in total. The summed E-state index contributed by atoms with van der Waals surface area (Å²) < 4.78 is 16.6. The third-order valence-electron chi connectivity index (χ3n) is 5.22. The molecule has 2 heterocycles. The van der Waals surface area contributed by atoms with Gasteiger partial charge in [0.1, 0.15) is 5.75 Å². The third kappa shape index (κ3) is 5.19. The van der Waals surface area contributed by atoms with Crippen molar-refractivity contribution in [2.75, 3.05) is 33.0 Å². The van der Waals surface area contributed by atoms with Gasteiger partial charge in [-0.25, -0.2) is 0 Å². The summed E-state index contributed by atoms with van der Waals surface area (Å²) in [4.78, 5) is 12.5. The van der Waals surface area contributed by atoms with Gasteiger partial charge in [-0.2, -0.15) is 0 Å². The Morgan fingerprint density at radius 3 is 2.56 bits per heavy atom. The van der Waals surface area contributed by atoms with E-state index in [1.807, 2.05) is 31.2 Å². The van der Waals surface area contributed by atoms with Gasteiger partial charge in [0.15, 0.2) is 0 Å². The summed E-state index contributed by atoms with van der Waals surface area (Å²) in [5.41, 5.74) is 1.01. The monoisotopic (exact) mass is 347 g/mol.